The van der Waals surface area contributed by atoms with E-state index in [-0.39, 0.29) is 5.56 Å². The molecule has 0 radical (unpaired) electrons. The number of carboxylic acids is 1. The molecule has 1 aliphatic carbocycles. The van der Waals surface area contributed by atoms with Crippen molar-refractivity contribution in [2.45, 2.75) is 12.8 Å². The van der Waals surface area contributed by atoms with Crippen LogP contribution in [0.3, 0.4) is 0 Å². The van der Waals surface area contributed by atoms with E-state index in [2.05, 4.69) is 5.32 Å². The fourth-order valence-electron chi connectivity index (χ4n) is 1.69. The van der Waals surface area contributed by atoms with Crippen molar-refractivity contribution in [1.29, 1.82) is 0 Å². The summed E-state index contributed by atoms with van der Waals surface area (Å²) in [5.41, 5.74) is 6.78. The molecule has 0 amide bonds. The molecule has 1 fully saturated rings. The van der Waals surface area contributed by atoms with E-state index in [1.54, 1.807) is 12.1 Å². The number of nitrogen functional groups attached to an aromatic ring is 1. The number of carbonyl (C=O) groups is 1. The second-order valence-electron chi connectivity index (χ2n) is 4.56. The van der Waals surface area contributed by atoms with Crippen molar-refractivity contribution in [1.82, 2.24) is 0 Å². The van der Waals surface area contributed by atoms with Crippen LogP contribution < -0.4 is 11.1 Å². The summed E-state index contributed by atoms with van der Waals surface area (Å²) in [6.45, 7) is 1.99. The number of anilines is 2. The van der Waals surface area contributed by atoms with Gasteiger partial charge in [-0.2, -0.15) is 0 Å². The number of carboxylic acid groups (broad SMARTS) is 1. The van der Waals surface area contributed by atoms with Gasteiger partial charge in [0.1, 0.15) is 0 Å². The SMILES string of the molecule is Nc1ccc(NCCOCC2CC2)c(C(=O)O)c1. The summed E-state index contributed by atoms with van der Waals surface area (Å²) < 4.78 is 5.47. The molecule has 98 valence electrons. The summed E-state index contributed by atoms with van der Waals surface area (Å²) in [6, 6.07) is 4.81. The van der Waals surface area contributed by atoms with Gasteiger partial charge >= 0.3 is 5.97 Å². The first kappa shape index (κ1) is 12.7. The smallest absolute Gasteiger partial charge is 0.337 e. The summed E-state index contributed by atoms with van der Waals surface area (Å²) in [4.78, 5) is 11.0. The molecule has 0 heterocycles. The van der Waals surface area contributed by atoms with Crippen LogP contribution in [0.4, 0.5) is 11.4 Å². The lowest BCUT2D eigenvalue weighted by molar-refractivity contribution is 0.0698. The highest BCUT2D eigenvalue weighted by Crippen LogP contribution is 2.28. The maximum atomic E-state index is 11.0. The molecule has 0 bridgehead atoms. The Kier molecular flexibility index (Phi) is 4.04. The minimum Gasteiger partial charge on any atom is -0.478 e. The van der Waals surface area contributed by atoms with Crippen LogP contribution in [0.25, 0.3) is 0 Å². The molecule has 0 aromatic heterocycles. The second kappa shape index (κ2) is 5.73. The molecule has 0 unspecified atom stereocenters. The number of ether oxygens (including phenoxy) is 1. The molecule has 0 aliphatic heterocycles. The Balaban J connectivity index is 1.81. The molecular formula is C13H18N2O3. The predicted molar refractivity (Wildman–Crippen MR) is 69.8 cm³/mol. The van der Waals surface area contributed by atoms with Crippen molar-refractivity contribution in [2.75, 3.05) is 30.8 Å². The summed E-state index contributed by atoms with van der Waals surface area (Å²) in [7, 11) is 0. The number of hydrogen-bond donors (Lipinski definition) is 3. The summed E-state index contributed by atoms with van der Waals surface area (Å²) in [5, 5.41) is 12.1. The lowest BCUT2D eigenvalue weighted by Gasteiger charge is -2.10. The Hall–Kier alpha value is -1.75. The number of nitrogens with one attached hydrogen (secondary N) is 1. The van der Waals surface area contributed by atoms with E-state index < -0.39 is 5.97 Å². The highest BCUT2D eigenvalue weighted by Gasteiger charge is 2.20. The quantitative estimate of drug-likeness (QED) is 0.507. The van der Waals surface area contributed by atoms with Crippen LogP contribution >= 0.6 is 0 Å². The minimum absolute atomic E-state index is 0.192. The van der Waals surface area contributed by atoms with Gasteiger partial charge < -0.3 is 20.9 Å². The van der Waals surface area contributed by atoms with E-state index in [9.17, 15) is 4.79 Å². The lowest BCUT2D eigenvalue weighted by atomic mass is 10.1. The molecule has 18 heavy (non-hydrogen) atoms. The van der Waals surface area contributed by atoms with Crippen LogP contribution in [0.1, 0.15) is 23.2 Å². The van der Waals surface area contributed by atoms with Gasteiger partial charge in [0.2, 0.25) is 0 Å². The monoisotopic (exact) mass is 250 g/mol. The highest BCUT2D eigenvalue weighted by molar-refractivity contribution is 5.95. The van der Waals surface area contributed by atoms with E-state index in [0.29, 0.717) is 24.5 Å². The van der Waals surface area contributed by atoms with Crippen molar-refractivity contribution >= 4 is 17.3 Å². The van der Waals surface area contributed by atoms with Crippen LogP contribution in [-0.4, -0.2) is 30.8 Å². The first-order chi connectivity index (χ1) is 8.66. The zero-order valence-corrected chi connectivity index (χ0v) is 10.2. The van der Waals surface area contributed by atoms with Crippen molar-refractivity contribution in [3.05, 3.63) is 23.8 Å². The molecule has 1 aromatic carbocycles. The van der Waals surface area contributed by atoms with Gasteiger partial charge in [0.25, 0.3) is 0 Å². The maximum absolute atomic E-state index is 11.0. The van der Waals surface area contributed by atoms with Gasteiger partial charge in [-0.1, -0.05) is 0 Å². The number of benzene rings is 1. The normalized spacial score (nSPS) is 14.4. The Bertz CT molecular complexity index is 430. The number of hydrogen-bond acceptors (Lipinski definition) is 4. The standard InChI is InChI=1S/C13H18N2O3/c14-10-3-4-12(11(7-10)13(16)17)15-5-6-18-8-9-1-2-9/h3-4,7,9,15H,1-2,5-6,8,14H2,(H,16,17). The molecule has 4 N–H and O–H groups in total. The molecule has 5 nitrogen and oxygen atoms in total. The van der Waals surface area contributed by atoms with Crippen LogP contribution in [0.2, 0.25) is 0 Å². The van der Waals surface area contributed by atoms with Crippen LogP contribution in [0.15, 0.2) is 18.2 Å². The van der Waals surface area contributed by atoms with E-state index in [1.165, 1.54) is 18.9 Å². The molecule has 5 heteroatoms. The molecule has 1 aliphatic rings. The third-order valence-electron chi connectivity index (χ3n) is 2.89. The Morgan fingerprint density at radius 1 is 1.50 bits per heavy atom. The zero-order valence-electron chi connectivity index (χ0n) is 10.2. The average molecular weight is 250 g/mol. The fraction of sp³-hybridized carbons (Fsp3) is 0.462. The van der Waals surface area contributed by atoms with Gasteiger partial charge in [0, 0.05) is 24.5 Å². The first-order valence-electron chi connectivity index (χ1n) is 6.11. The van der Waals surface area contributed by atoms with Gasteiger partial charge in [-0.3, -0.25) is 0 Å². The van der Waals surface area contributed by atoms with Crippen LogP contribution in [0, 0.1) is 5.92 Å². The second-order valence-corrected chi connectivity index (χ2v) is 4.56. The van der Waals surface area contributed by atoms with Gasteiger partial charge in [0.05, 0.1) is 12.2 Å². The van der Waals surface area contributed by atoms with Crippen molar-refractivity contribution in [3.63, 3.8) is 0 Å². The molecule has 1 saturated carbocycles. The van der Waals surface area contributed by atoms with Crippen molar-refractivity contribution in [2.24, 2.45) is 5.92 Å². The number of nitrogens with two attached hydrogens (primary N) is 1. The van der Waals surface area contributed by atoms with Gasteiger partial charge in [-0.15, -0.1) is 0 Å². The van der Waals surface area contributed by atoms with Gasteiger partial charge in [-0.25, -0.2) is 4.79 Å². The molecular weight excluding hydrogens is 232 g/mol. The minimum atomic E-state index is -0.983. The lowest BCUT2D eigenvalue weighted by Crippen LogP contribution is -2.13. The van der Waals surface area contributed by atoms with Crippen molar-refractivity contribution < 1.29 is 14.6 Å². The predicted octanol–water partition coefficient (Wildman–Crippen LogP) is 1.81. The summed E-state index contributed by atoms with van der Waals surface area (Å²) in [5.74, 6) is -0.236. The molecule has 1 aromatic rings. The fourth-order valence-corrected chi connectivity index (χ4v) is 1.69. The summed E-state index contributed by atoms with van der Waals surface area (Å²) in [6.07, 6.45) is 2.54. The van der Waals surface area contributed by atoms with E-state index in [1.807, 2.05) is 0 Å². The van der Waals surface area contributed by atoms with E-state index in [4.69, 9.17) is 15.6 Å². The molecule has 0 spiro atoms. The number of aromatic carboxylic acids is 1. The third-order valence-corrected chi connectivity index (χ3v) is 2.89. The Morgan fingerprint density at radius 3 is 2.94 bits per heavy atom. The first-order valence-corrected chi connectivity index (χ1v) is 6.11. The maximum Gasteiger partial charge on any atom is 0.337 e. The molecule has 0 atom stereocenters. The molecule has 0 saturated heterocycles. The molecule has 2 rings (SSSR count). The highest BCUT2D eigenvalue weighted by atomic mass is 16.5. The number of rotatable bonds is 7. The average Bonchev–Trinajstić information content (AvgIpc) is 3.14. The summed E-state index contributed by atoms with van der Waals surface area (Å²) >= 11 is 0. The van der Waals surface area contributed by atoms with Crippen LogP contribution in [-0.2, 0) is 4.74 Å². The largest absolute Gasteiger partial charge is 0.478 e. The zero-order chi connectivity index (χ0) is 13.0. The topological polar surface area (TPSA) is 84.6 Å². The van der Waals surface area contributed by atoms with Gasteiger partial charge in [-0.05, 0) is 37.0 Å². The van der Waals surface area contributed by atoms with E-state index in [0.717, 1.165) is 12.5 Å². The van der Waals surface area contributed by atoms with Crippen LogP contribution in [0.5, 0.6) is 0 Å². The Morgan fingerprint density at radius 2 is 2.28 bits per heavy atom. The Labute approximate surface area is 106 Å². The van der Waals surface area contributed by atoms with E-state index >= 15 is 0 Å². The third kappa shape index (κ3) is 3.63. The van der Waals surface area contributed by atoms with Crippen molar-refractivity contribution in [3.8, 4) is 0 Å². The van der Waals surface area contributed by atoms with Gasteiger partial charge in [0.15, 0.2) is 0 Å².